The van der Waals surface area contributed by atoms with Crippen LogP contribution in [0.15, 0.2) is 11.6 Å². The molecule has 0 aromatic carbocycles. The lowest BCUT2D eigenvalue weighted by Gasteiger charge is -2.60. The van der Waals surface area contributed by atoms with Gasteiger partial charge in [0, 0.05) is 11.8 Å². The van der Waals surface area contributed by atoms with E-state index in [1.54, 1.807) is 6.08 Å². The van der Waals surface area contributed by atoms with Crippen molar-refractivity contribution in [1.82, 2.24) is 0 Å². The lowest BCUT2D eigenvalue weighted by Crippen LogP contribution is -2.62. The van der Waals surface area contributed by atoms with Crippen LogP contribution in [-0.2, 0) is 23.9 Å². The molecule has 6 unspecified atom stereocenters. The highest BCUT2D eigenvalue weighted by atomic mass is 16.5. The first-order valence-electron chi connectivity index (χ1n) is 12.0. The van der Waals surface area contributed by atoms with E-state index in [0.29, 0.717) is 12.8 Å². The van der Waals surface area contributed by atoms with Crippen molar-refractivity contribution in [2.75, 3.05) is 6.61 Å². The van der Waals surface area contributed by atoms with E-state index >= 15 is 0 Å². The predicted molar refractivity (Wildman–Crippen MR) is 116 cm³/mol. The maximum atomic E-state index is 13.1. The summed E-state index contributed by atoms with van der Waals surface area (Å²) in [6.07, 6.45) is 4.30. The third-order valence-corrected chi connectivity index (χ3v) is 9.42. The van der Waals surface area contributed by atoms with Gasteiger partial charge in [-0.2, -0.15) is 0 Å². The highest BCUT2D eigenvalue weighted by molar-refractivity contribution is 5.92. The van der Waals surface area contributed by atoms with Crippen molar-refractivity contribution in [3.8, 4) is 0 Å². The number of hydrogen-bond acceptors (Lipinski definition) is 7. The quantitative estimate of drug-likeness (QED) is 0.511. The first-order chi connectivity index (χ1) is 15.4. The molecule has 0 spiro atoms. The lowest BCUT2D eigenvalue weighted by atomic mass is 9.45. The van der Waals surface area contributed by atoms with E-state index in [0.717, 1.165) is 24.8 Å². The Morgan fingerprint density at radius 1 is 1.12 bits per heavy atom. The van der Waals surface area contributed by atoms with Gasteiger partial charge in [0.15, 0.2) is 12.4 Å². The van der Waals surface area contributed by atoms with Crippen molar-refractivity contribution >= 4 is 23.5 Å². The zero-order chi connectivity index (χ0) is 24.2. The molecular weight excluding hydrogens is 428 g/mol. The van der Waals surface area contributed by atoms with Gasteiger partial charge < -0.3 is 20.1 Å². The minimum Gasteiger partial charge on any atom is -0.481 e. The summed E-state index contributed by atoms with van der Waals surface area (Å²) in [5.74, 6) is -2.20. The molecule has 0 bridgehead atoms. The van der Waals surface area contributed by atoms with Gasteiger partial charge in [0.1, 0.15) is 5.60 Å². The van der Waals surface area contributed by atoms with Crippen LogP contribution >= 0.6 is 0 Å². The number of rotatable bonds is 6. The second-order valence-electron chi connectivity index (χ2n) is 11.0. The third kappa shape index (κ3) is 3.75. The molecule has 33 heavy (non-hydrogen) atoms. The van der Waals surface area contributed by atoms with Gasteiger partial charge in [-0.3, -0.25) is 19.2 Å². The van der Waals surface area contributed by atoms with E-state index in [1.165, 1.54) is 0 Å². The number of Topliss-reactive ketones (excluding diaryl/α,β-unsaturated/α-hetero) is 1. The Kier molecular flexibility index (Phi) is 6.06. The van der Waals surface area contributed by atoms with Crippen molar-refractivity contribution in [3.05, 3.63) is 11.6 Å². The third-order valence-electron chi connectivity index (χ3n) is 9.42. The number of ether oxygens (including phenoxy) is 1. The average Bonchev–Trinajstić information content (AvgIpc) is 3.02. The van der Waals surface area contributed by atoms with Crippen molar-refractivity contribution in [3.63, 3.8) is 0 Å². The number of aliphatic hydroxyl groups is 2. The zero-order valence-corrected chi connectivity index (χ0v) is 19.3. The molecule has 0 aromatic rings. The molecule has 8 nitrogen and oxygen atoms in total. The summed E-state index contributed by atoms with van der Waals surface area (Å²) in [5.41, 5.74) is -1.68. The number of ketones is 2. The summed E-state index contributed by atoms with van der Waals surface area (Å²) in [4.78, 5) is 47.5. The number of carboxylic acids is 1. The number of allylic oxidation sites excluding steroid dienone is 1. The topological polar surface area (TPSA) is 138 Å². The van der Waals surface area contributed by atoms with Crippen molar-refractivity contribution in [1.29, 1.82) is 0 Å². The van der Waals surface area contributed by atoms with Crippen LogP contribution in [0.1, 0.15) is 71.6 Å². The molecule has 182 valence electrons. The van der Waals surface area contributed by atoms with E-state index < -0.39 is 41.4 Å². The van der Waals surface area contributed by atoms with Crippen LogP contribution in [0.2, 0.25) is 0 Å². The number of aliphatic carboxylic acids is 1. The zero-order valence-electron chi connectivity index (χ0n) is 19.3. The van der Waals surface area contributed by atoms with Crippen LogP contribution in [0, 0.1) is 28.6 Å². The Hall–Kier alpha value is -2.06. The van der Waals surface area contributed by atoms with Crippen LogP contribution in [0.3, 0.4) is 0 Å². The minimum absolute atomic E-state index is 0.0185. The van der Waals surface area contributed by atoms with Gasteiger partial charge >= 0.3 is 11.9 Å². The van der Waals surface area contributed by atoms with Crippen LogP contribution in [-0.4, -0.2) is 57.1 Å². The average molecular weight is 463 g/mol. The van der Waals surface area contributed by atoms with Gasteiger partial charge in [-0.1, -0.05) is 19.4 Å². The maximum absolute atomic E-state index is 13.1. The summed E-state index contributed by atoms with van der Waals surface area (Å²) < 4.78 is 4.97. The fraction of sp³-hybridized carbons (Fsp3) is 0.760. The Bertz CT molecular complexity index is 908. The summed E-state index contributed by atoms with van der Waals surface area (Å²) >= 11 is 0. The largest absolute Gasteiger partial charge is 0.481 e. The molecule has 4 aliphatic rings. The van der Waals surface area contributed by atoms with Gasteiger partial charge in [-0.15, -0.1) is 0 Å². The van der Waals surface area contributed by atoms with Crippen LogP contribution < -0.4 is 0 Å². The molecule has 3 saturated carbocycles. The molecule has 3 fully saturated rings. The predicted octanol–water partition coefficient (Wildman–Crippen LogP) is 2.20. The highest BCUT2D eigenvalue weighted by Crippen LogP contribution is 2.67. The van der Waals surface area contributed by atoms with Gasteiger partial charge in [-0.25, -0.2) is 0 Å². The Labute approximate surface area is 193 Å². The maximum Gasteiger partial charge on any atom is 0.306 e. The smallest absolute Gasteiger partial charge is 0.306 e. The molecule has 0 amide bonds. The Morgan fingerprint density at radius 2 is 1.85 bits per heavy atom. The fourth-order valence-corrected chi connectivity index (χ4v) is 7.70. The van der Waals surface area contributed by atoms with Gasteiger partial charge in [0.25, 0.3) is 0 Å². The molecule has 8 heteroatoms. The Balaban J connectivity index is 1.53. The van der Waals surface area contributed by atoms with Crippen molar-refractivity contribution in [2.24, 2.45) is 28.6 Å². The van der Waals surface area contributed by atoms with E-state index in [1.807, 2.05) is 6.92 Å². The second-order valence-corrected chi connectivity index (χ2v) is 11.0. The monoisotopic (exact) mass is 462 g/mol. The first-order valence-corrected chi connectivity index (χ1v) is 12.0. The molecule has 0 aliphatic heterocycles. The molecule has 0 radical (unpaired) electrons. The highest BCUT2D eigenvalue weighted by Gasteiger charge is 2.68. The second kappa shape index (κ2) is 8.31. The number of carbonyl (C=O) groups excluding carboxylic acids is 3. The number of carboxylic acid groups (broad SMARTS) is 1. The summed E-state index contributed by atoms with van der Waals surface area (Å²) in [6.45, 7) is 3.41. The number of hydrogen-bond donors (Lipinski definition) is 3. The lowest BCUT2D eigenvalue weighted by molar-refractivity contribution is -0.184. The van der Waals surface area contributed by atoms with Crippen LogP contribution in [0.5, 0.6) is 0 Å². The van der Waals surface area contributed by atoms with Crippen molar-refractivity contribution in [2.45, 2.75) is 83.3 Å². The molecule has 0 saturated heterocycles. The van der Waals surface area contributed by atoms with Crippen LogP contribution in [0.25, 0.3) is 0 Å². The van der Waals surface area contributed by atoms with Gasteiger partial charge in [0.05, 0.1) is 18.9 Å². The molecule has 0 heterocycles. The number of carbonyl (C=O) groups is 4. The number of aliphatic hydroxyl groups excluding tert-OH is 1. The van der Waals surface area contributed by atoms with E-state index in [-0.39, 0.29) is 54.6 Å². The minimum atomic E-state index is -1.71. The van der Waals surface area contributed by atoms with E-state index in [2.05, 4.69) is 6.92 Å². The summed E-state index contributed by atoms with van der Waals surface area (Å²) in [7, 11) is 0. The van der Waals surface area contributed by atoms with E-state index in [4.69, 9.17) is 9.84 Å². The van der Waals surface area contributed by atoms with Crippen LogP contribution in [0.4, 0.5) is 0 Å². The van der Waals surface area contributed by atoms with Gasteiger partial charge in [0.2, 0.25) is 5.78 Å². The molecule has 4 aliphatic carbocycles. The van der Waals surface area contributed by atoms with E-state index in [9.17, 15) is 29.4 Å². The molecular formula is C25H34O8. The summed E-state index contributed by atoms with van der Waals surface area (Å²) in [5, 5.41) is 31.6. The van der Waals surface area contributed by atoms with Crippen molar-refractivity contribution < 1.29 is 39.2 Å². The van der Waals surface area contributed by atoms with Gasteiger partial charge in [-0.05, 0) is 67.8 Å². The fourth-order valence-electron chi connectivity index (χ4n) is 7.70. The summed E-state index contributed by atoms with van der Waals surface area (Å²) in [6, 6.07) is 0. The SMILES string of the molecule is CC12CCC(=O)C=C1CCC1C2C(O)CC2(C)C1CC[C@]2(O)C(=O)COC(=O)CCC(=O)O. The standard InChI is InChI=1S/C25H34O8/c1-23-9-7-15(26)11-14(23)3-4-16-17-8-10-25(32,24(17,2)12-18(27)22(16)23)19(28)13-33-21(31)6-5-20(29)30/h11,16-18,22,27,32H,3-10,12-13H2,1-2H3,(H,29,30)/t16?,17?,18?,22?,23?,24?,25-/m0/s1. The normalized spacial score (nSPS) is 41.9. The molecule has 3 N–H and O–H groups in total. The first kappa shape index (κ1) is 24.1. The Morgan fingerprint density at radius 3 is 2.55 bits per heavy atom. The molecule has 4 rings (SSSR count). The molecule has 0 aromatic heterocycles. The number of fused-ring (bicyclic) bond motifs is 5. The molecule has 7 atom stereocenters. The number of esters is 1.